The summed E-state index contributed by atoms with van der Waals surface area (Å²) in [6.45, 7) is 5.08. The summed E-state index contributed by atoms with van der Waals surface area (Å²) in [6.07, 6.45) is 5.31. The van der Waals surface area contributed by atoms with Gasteiger partial charge in [-0.05, 0) is 74.7 Å². The lowest BCUT2D eigenvalue weighted by Crippen LogP contribution is -2.47. The van der Waals surface area contributed by atoms with Gasteiger partial charge >= 0.3 is 12.1 Å². The SMILES string of the molecule is Cc1ccsc1CNCC[C@@]1(c2ccccn2)CCOC2(CCCC2)C1.O=C(O)C(F)(F)F. The molecule has 0 aromatic carbocycles. The van der Waals surface area contributed by atoms with Crippen LogP contribution < -0.4 is 5.32 Å². The molecule has 1 spiro atoms. The maximum absolute atomic E-state index is 10.6. The monoisotopic (exact) mass is 484 g/mol. The van der Waals surface area contributed by atoms with Crippen LogP contribution in [0.25, 0.3) is 0 Å². The van der Waals surface area contributed by atoms with E-state index >= 15 is 0 Å². The Kier molecular flexibility index (Phi) is 8.53. The standard InChI is InChI=1S/C22H30N2OS.C2HF3O2/c1-18-7-15-26-19(18)16-23-13-10-21(20-6-2-5-12-24-20)11-14-25-22(17-21)8-3-4-9-22;3-2(4,5)1(6)7/h2,5-7,12,15,23H,3-4,8-11,13-14,16-17H2,1H3;(H,6,7)/t21-;/m1./s1. The minimum absolute atomic E-state index is 0.111. The van der Waals surface area contributed by atoms with Gasteiger partial charge in [-0.15, -0.1) is 11.3 Å². The zero-order chi connectivity index (χ0) is 24.0. The highest BCUT2D eigenvalue weighted by Crippen LogP contribution is 2.49. The van der Waals surface area contributed by atoms with E-state index in [9.17, 15) is 13.2 Å². The number of hydrogen-bond donors (Lipinski definition) is 2. The maximum atomic E-state index is 10.6. The number of rotatable bonds is 6. The van der Waals surface area contributed by atoms with Gasteiger partial charge in [-0.3, -0.25) is 4.98 Å². The number of thiophene rings is 1. The Morgan fingerprint density at radius 3 is 2.55 bits per heavy atom. The number of carbonyl (C=O) groups is 1. The lowest BCUT2D eigenvalue weighted by Gasteiger charge is -2.46. The van der Waals surface area contributed by atoms with Crippen molar-refractivity contribution in [3.63, 3.8) is 0 Å². The van der Waals surface area contributed by atoms with Gasteiger partial charge in [0.05, 0.1) is 5.60 Å². The van der Waals surface area contributed by atoms with E-state index in [1.165, 1.54) is 41.8 Å². The van der Waals surface area contributed by atoms with Gasteiger partial charge in [0.25, 0.3) is 0 Å². The summed E-state index contributed by atoms with van der Waals surface area (Å²) in [5.74, 6) is -2.76. The number of hydrogen-bond acceptors (Lipinski definition) is 5. The van der Waals surface area contributed by atoms with Crippen LogP contribution in [0.1, 0.15) is 61.1 Å². The fourth-order valence-corrected chi connectivity index (χ4v) is 5.79. The Morgan fingerprint density at radius 1 is 1.24 bits per heavy atom. The van der Waals surface area contributed by atoms with E-state index in [0.717, 1.165) is 39.0 Å². The zero-order valence-corrected chi connectivity index (χ0v) is 19.6. The van der Waals surface area contributed by atoms with Crippen molar-refractivity contribution in [3.05, 3.63) is 52.0 Å². The molecule has 1 aliphatic carbocycles. The summed E-state index contributed by atoms with van der Waals surface area (Å²) >= 11 is 1.85. The smallest absolute Gasteiger partial charge is 0.475 e. The van der Waals surface area contributed by atoms with Gasteiger partial charge in [0.2, 0.25) is 0 Å². The molecule has 1 saturated heterocycles. The molecule has 4 rings (SSSR count). The third-order valence-electron chi connectivity index (χ3n) is 6.65. The van der Waals surface area contributed by atoms with E-state index in [1.54, 1.807) is 0 Å². The highest BCUT2D eigenvalue weighted by atomic mass is 32.1. The first-order chi connectivity index (χ1) is 15.7. The first kappa shape index (κ1) is 25.6. The number of halogens is 3. The fourth-order valence-electron chi connectivity index (χ4n) is 4.91. The minimum atomic E-state index is -5.08. The van der Waals surface area contributed by atoms with Crippen LogP contribution in [0.15, 0.2) is 35.8 Å². The molecule has 2 aliphatic rings. The topological polar surface area (TPSA) is 71.5 Å². The molecular formula is C24H31F3N2O3S. The van der Waals surface area contributed by atoms with Crippen LogP contribution in [0.2, 0.25) is 0 Å². The molecule has 3 heterocycles. The number of aryl methyl sites for hydroxylation is 1. The summed E-state index contributed by atoms with van der Waals surface area (Å²) in [5, 5.41) is 13.0. The molecule has 2 N–H and O–H groups in total. The summed E-state index contributed by atoms with van der Waals surface area (Å²) < 4.78 is 38.1. The fraction of sp³-hybridized carbons (Fsp3) is 0.583. The molecule has 2 fully saturated rings. The van der Waals surface area contributed by atoms with Gasteiger partial charge in [-0.2, -0.15) is 13.2 Å². The van der Waals surface area contributed by atoms with E-state index in [1.807, 2.05) is 23.6 Å². The van der Waals surface area contributed by atoms with Gasteiger partial charge in [0, 0.05) is 35.3 Å². The van der Waals surface area contributed by atoms with Crippen LogP contribution >= 0.6 is 11.3 Å². The summed E-state index contributed by atoms with van der Waals surface area (Å²) in [6, 6.07) is 8.61. The number of aliphatic carboxylic acids is 1. The van der Waals surface area contributed by atoms with Crippen LogP contribution in [-0.2, 0) is 21.5 Å². The van der Waals surface area contributed by atoms with Gasteiger partial charge in [-0.1, -0.05) is 18.9 Å². The Bertz CT molecular complexity index is 898. The molecule has 5 nitrogen and oxygen atoms in total. The van der Waals surface area contributed by atoms with E-state index in [0.29, 0.717) is 0 Å². The molecule has 33 heavy (non-hydrogen) atoms. The molecule has 182 valence electrons. The Morgan fingerprint density at radius 2 is 1.97 bits per heavy atom. The lowest BCUT2D eigenvalue weighted by atomic mass is 9.68. The minimum Gasteiger partial charge on any atom is -0.475 e. The predicted octanol–water partition coefficient (Wildman–Crippen LogP) is 5.63. The van der Waals surface area contributed by atoms with Crippen molar-refractivity contribution in [1.82, 2.24) is 10.3 Å². The molecule has 0 bridgehead atoms. The predicted molar refractivity (Wildman–Crippen MR) is 121 cm³/mol. The number of nitrogens with one attached hydrogen (secondary N) is 1. The first-order valence-electron chi connectivity index (χ1n) is 11.3. The molecule has 9 heteroatoms. The molecule has 0 unspecified atom stereocenters. The Hall–Kier alpha value is -1.97. The summed E-state index contributed by atoms with van der Waals surface area (Å²) in [5.41, 5.74) is 2.93. The van der Waals surface area contributed by atoms with E-state index in [-0.39, 0.29) is 11.0 Å². The molecule has 2 aromatic rings. The number of pyridine rings is 1. The van der Waals surface area contributed by atoms with E-state index in [2.05, 4.69) is 35.8 Å². The number of carboxylic acids is 1. The molecule has 1 saturated carbocycles. The van der Waals surface area contributed by atoms with Gasteiger partial charge < -0.3 is 15.2 Å². The summed E-state index contributed by atoms with van der Waals surface area (Å²) in [4.78, 5) is 15.1. The van der Waals surface area contributed by atoms with E-state index < -0.39 is 12.1 Å². The summed E-state index contributed by atoms with van der Waals surface area (Å²) in [7, 11) is 0. The van der Waals surface area contributed by atoms with Crippen molar-refractivity contribution in [2.24, 2.45) is 0 Å². The van der Waals surface area contributed by atoms with Crippen molar-refractivity contribution in [2.75, 3.05) is 13.2 Å². The van der Waals surface area contributed by atoms with Crippen molar-refractivity contribution in [3.8, 4) is 0 Å². The second kappa shape index (κ2) is 11.0. The second-order valence-corrected chi connectivity index (χ2v) is 9.92. The lowest BCUT2D eigenvalue weighted by molar-refractivity contribution is -0.192. The molecule has 1 atom stereocenters. The van der Waals surface area contributed by atoms with Crippen molar-refractivity contribution >= 4 is 17.3 Å². The van der Waals surface area contributed by atoms with Crippen molar-refractivity contribution in [2.45, 2.75) is 75.6 Å². The molecule has 2 aromatic heterocycles. The van der Waals surface area contributed by atoms with Gasteiger partial charge in [0.1, 0.15) is 0 Å². The average Bonchev–Trinajstić information content (AvgIpc) is 3.40. The number of alkyl halides is 3. The van der Waals surface area contributed by atoms with Crippen LogP contribution in [0.5, 0.6) is 0 Å². The highest BCUT2D eigenvalue weighted by molar-refractivity contribution is 7.10. The average molecular weight is 485 g/mol. The number of aromatic nitrogens is 1. The number of nitrogens with zero attached hydrogens (tertiary/aromatic N) is 1. The normalized spacial score (nSPS) is 22.1. The first-order valence-corrected chi connectivity index (χ1v) is 12.1. The molecule has 1 aliphatic heterocycles. The van der Waals surface area contributed by atoms with Crippen LogP contribution in [-0.4, -0.2) is 41.0 Å². The molecule has 0 radical (unpaired) electrons. The van der Waals surface area contributed by atoms with Crippen LogP contribution in [0, 0.1) is 6.92 Å². The highest BCUT2D eigenvalue weighted by Gasteiger charge is 2.48. The van der Waals surface area contributed by atoms with Gasteiger partial charge in [0.15, 0.2) is 0 Å². The molecular weight excluding hydrogens is 453 g/mol. The molecule has 0 amide bonds. The Labute approximate surface area is 196 Å². The van der Waals surface area contributed by atoms with Crippen molar-refractivity contribution < 1.29 is 27.8 Å². The number of ether oxygens (including phenoxy) is 1. The maximum Gasteiger partial charge on any atom is 0.490 e. The largest absolute Gasteiger partial charge is 0.490 e. The van der Waals surface area contributed by atoms with Gasteiger partial charge in [-0.25, -0.2) is 4.79 Å². The zero-order valence-electron chi connectivity index (χ0n) is 18.8. The Balaban J connectivity index is 0.000000383. The third-order valence-corrected chi connectivity index (χ3v) is 7.67. The quantitative estimate of drug-likeness (QED) is 0.521. The van der Waals surface area contributed by atoms with Crippen LogP contribution in [0.3, 0.4) is 0 Å². The van der Waals surface area contributed by atoms with E-state index in [4.69, 9.17) is 19.6 Å². The number of carboxylic acid groups (broad SMARTS) is 1. The second-order valence-electron chi connectivity index (χ2n) is 8.92. The van der Waals surface area contributed by atoms with Crippen LogP contribution in [0.4, 0.5) is 13.2 Å². The van der Waals surface area contributed by atoms with Crippen molar-refractivity contribution in [1.29, 1.82) is 0 Å². The third kappa shape index (κ3) is 6.77.